The Labute approximate surface area is 104 Å². The van der Waals surface area contributed by atoms with Gasteiger partial charge in [-0.15, -0.1) is 5.10 Å². The Kier molecular flexibility index (Phi) is 5.91. The van der Waals surface area contributed by atoms with E-state index in [1.54, 1.807) is 0 Å². The molecular formula is C13H24N4. The van der Waals surface area contributed by atoms with Gasteiger partial charge in [-0.3, -0.25) is 0 Å². The van der Waals surface area contributed by atoms with Crippen LogP contribution in [0.15, 0.2) is 12.1 Å². The molecule has 1 unspecified atom stereocenters. The Morgan fingerprint density at radius 2 is 2.06 bits per heavy atom. The van der Waals surface area contributed by atoms with E-state index >= 15 is 0 Å². The van der Waals surface area contributed by atoms with Crippen molar-refractivity contribution >= 4 is 5.82 Å². The molecule has 0 bridgehead atoms. The van der Waals surface area contributed by atoms with Gasteiger partial charge in [0, 0.05) is 19.6 Å². The molecule has 4 heteroatoms. The van der Waals surface area contributed by atoms with Crippen LogP contribution in [0.5, 0.6) is 0 Å². The van der Waals surface area contributed by atoms with E-state index in [2.05, 4.69) is 48.2 Å². The van der Waals surface area contributed by atoms with Crippen LogP contribution in [-0.4, -0.2) is 29.8 Å². The first kappa shape index (κ1) is 13.9. The first-order valence-electron chi connectivity index (χ1n) is 6.45. The number of hydrogen-bond donors (Lipinski definition) is 1. The fourth-order valence-electron chi connectivity index (χ4n) is 1.73. The van der Waals surface area contributed by atoms with Crippen molar-refractivity contribution in [3.05, 3.63) is 17.8 Å². The molecule has 1 N–H and O–H groups in total. The summed E-state index contributed by atoms with van der Waals surface area (Å²) >= 11 is 0. The molecule has 0 aromatic carbocycles. The molecule has 1 aromatic rings. The number of aromatic nitrogens is 2. The largest absolute Gasteiger partial charge is 0.355 e. The van der Waals surface area contributed by atoms with E-state index in [0.29, 0.717) is 6.04 Å². The molecule has 1 rings (SSSR count). The monoisotopic (exact) mass is 236 g/mol. The Bertz CT molecular complexity index is 310. The van der Waals surface area contributed by atoms with Gasteiger partial charge in [-0.2, -0.15) is 5.10 Å². The van der Waals surface area contributed by atoms with Crippen LogP contribution in [0.3, 0.4) is 0 Å². The zero-order chi connectivity index (χ0) is 12.7. The first-order valence-corrected chi connectivity index (χ1v) is 6.45. The van der Waals surface area contributed by atoms with Crippen molar-refractivity contribution in [3.63, 3.8) is 0 Å². The minimum absolute atomic E-state index is 0.508. The van der Waals surface area contributed by atoms with Gasteiger partial charge in [0.1, 0.15) is 0 Å². The lowest BCUT2D eigenvalue weighted by Crippen LogP contribution is -2.29. The van der Waals surface area contributed by atoms with Gasteiger partial charge in [0.15, 0.2) is 5.82 Å². The van der Waals surface area contributed by atoms with E-state index in [-0.39, 0.29) is 0 Å². The summed E-state index contributed by atoms with van der Waals surface area (Å²) in [4.78, 5) is 2.19. The van der Waals surface area contributed by atoms with Gasteiger partial charge in [0.25, 0.3) is 0 Å². The predicted molar refractivity (Wildman–Crippen MR) is 72.2 cm³/mol. The van der Waals surface area contributed by atoms with Crippen LogP contribution in [0.2, 0.25) is 0 Å². The highest BCUT2D eigenvalue weighted by Gasteiger charge is 2.10. The minimum Gasteiger partial charge on any atom is -0.355 e. The fraction of sp³-hybridized carbons (Fsp3) is 0.692. The molecule has 96 valence electrons. The van der Waals surface area contributed by atoms with E-state index < -0.39 is 0 Å². The lowest BCUT2D eigenvalue weighted by Gasteiger charge is -2.25. The smallest absolute Gasteiger partial charge is 0.151 e. The van der Waals surface area contributed by atoms with Gasteiger partial charge in [-0.05, 0) is 32.0 Å². The van der Waals surface area contributed by atoms with E-state index in [1.807, 2.05) is 12.1 Å². The second-order valence-electron chi connectivity index (χ2n) is 4.41. The molecule has 0 spiro atoms. The Balaban J connectivity index is 2.60. The summed E-state index contributed by atoms with van der Waals surface area (Å²) in [5, 5.41) is 11.7. The topological polar surface area (TPSA) is 41.0 Å². The van der Waals surface area contributed by atoms with E-state index in [1.165, 1.54) is 12.8 Å². The molecule has 0 radical (unpaired) electrons. The quantitative estimate of drug-likeness (QED) is 0.788. The summed E-state index contributed by atoms with van der Waals surface area (Å²) in [6.45, 7) is 8.25. The van der Waals surface area contributed by atoms with Crippen molar-refractivity contribution in [2.45, 2.75) is 46.2 Å². The molecule has 1 heterocycles. The number of hydrogen-bond acceptors (Lipinski definition) is 4. The molecule has 17 heavy (non-hydrogen) atoms. The van der Waals surface area contributed by atoms with Crippen LogP contribution < -0.4 is 10.2 Å². The van der Waals surface area contributed by atoms with Gasteiger partial charge < -0.3 is 10.2 Å². The summed E-state index contributed by atoms with van der Waals surface area (Å²) in [5.74, 6) is 0.950. The maximum atomic E-state index is 4.27. The van der Waals surface area contributed by atoms with Crippen LogP contribution in [0, 0.1) is 0 Å². The zero-order valence-electron chi connectivity index (χ0n) is 11.4. The highest BCUT2D eigenvalue weighted by Crippen LogP contribution is 2.13. The summed E-state index contributed by atoms with van der Waals surface area (Å²) in [6, 6.07) is 4.60. The molecular weight excluding hydrogens is 212 g/mol. The van der Waals surface area contributed by atoms with Gasteiger partial charge >= 0.3 is 0 Å². The number of anilines is 1. The minimum atomic E-state index is 0.508. The normalized spacial score (nSPS) is 12.5. The molecule has 0 amide bonds. The molecule has 0 saturated carbocycles. The lowest BCUT2D eigenvalue weighted by atomic mass is 10.2. The second kappa shape index (κ2) is 7.22. The third kappa shape index (κ3) is 4.30. The van der Waals surface area contributed by atoms with Crippen LogP contribution in [0.1, 0.15) is 39.3 Å². The molecule has 1 aromatic heterocycles. The second-order valence-corrected chi connectivity index (χ2v) is 4.41. The van der Waals surface area contributed by atoms with Crippen molar-refractivity contribution in [2.24, 2.45) is 0 Å². The highest BCUT2D eigenvalue weighted by molar-refractivity contribution is 5.37. The van der Waals surface area contributed by atoms with Gasteiger partial charge in [-0.25, -0.2) is 0 Å². The Morgan fingerprint density at radius 3 is 2.59 bits per heavy atom. The molecule has 0 aliphatic rings. The van der Waals surface area contributed by atoms with Crippen LogP contribution in [0.25, 0.3) is 0 Å². The average Bonchev–Trinajstić information content (AvgIpc) is 2.36. The summed E-state index contributed by atoms with van der Waals surface area (Å²) in [5.41, 5.74) is 0.993. The number of nitrogens with one attached hydrogen (secondary N) is 1. The number of nitrogens with zero attached hydrogens (tertiary/aromatic N) is 3. The molecule has 0 aliphatic heterocycles. The average molecular weight is 236 g/mol. The Morgan fingerprint density at radius 1 is 1.29 bits per heavy atom. The SMILES string of the molecule is CCCC(C)N(C)c1ccc(CNCC)nn1. The molecule has 0 fully saturated rings. The van der Waals surface area contributed by atoms with E-state index in [0.717, 1.165) is 24.6 Å². The number of rotatable bonds is 7. The molecule has 4 nitrogen and oxygen atoms in total. The van der Waals surface area contributed by atoms with Crippen molar-refractivity contribution in [1.82, 2.24) is 15.5 Å². The molecule has 1 atom stereocenters. The van der Waals surface area contributed by atoms with Gasteiger partial charge in [0.2, 0.25) is 0 Å². The third-order valence-corrected chi connectivity index (χ3v) is 2.99. The van der Waals surface area contributed by atoms with Crippen molar-refractivity contribution in [2.75, 3.05) is 18.5 Å². The van der Waals surface area contributed by atoms with Crippen molar-refractivity contribution < 1.29 is 0 Å². The highest BCUT2D eigenvalue weighted by atomic mass is 15.3. The molecule has 0 saturated heterocycles. The summed E-state index contributed by atoms with van der Waals surface area (Å²) < 4.78 is 0. The predicted octanol–water partition coefficient (Wildman–Crippen LogP) is 2.21. The van der Waals surface area contributed by atoms with Crippen LogP contribution in [-0.2, 0) is 6.54 Å². The lowest BCUT2D eigenvalue weighted by molar-refractivity contribution is 0.606. The third-order valence-electron chi connectivity index (χ3n) is 2.99. The van der Waals surface area contributed by atoms with Crippen molar-refractivity contribution in [1.29, 1.82) is 0 Å². The zero-order valence-corrected chi connectivity index (χ0v) is 11.4. The Hall–Kier alpha value is -1.16. The first-order chi connectivity index (χ1) is 8.19. The van der Waals surface area contributed by atoms with E-state index in [4.69, 9.17) is 0 Å². The van der Waals surface area contributed by atoms with Gasteiger partial charge in [0.05, 0.1) is 5.69 Å². The van der Waals surface area contributed by atoms with Crippen LogP contribution in [0.4, 0.5) is 5.82 Å². The fourth-order valence-corrected chi connectivity index (χ4v) is 1.73. The maximum Gasteiger partial charge on any atom is 0.151 e. The molecule has 0 aliphatic carbocycles. The summed E-state index contributed by atoms with van der Waals surface area (Å²) in [6.07, 6.45) is 2.37. The van der Waals surface area contributed by atoms with E-state index in [9.17, 15) is 0 Å². The maximum absolute atomic E-state index is 4.27. The van der Waals surface area contributed by atoms with Gasteiger partial charge in [-0.1, -0.05) is 20.3 Å². The van der Waals surface area contributed by atoms with Crippen LogP contribution >= 0.6 is 0 Å². The van der Waals surface area contributed by atoms with Crippen molar-refractivity contribution in [3.8, 4) is 0 Å². The summed E-state index contributed by atoms with van der Waals surface area (Å²) in [7, 11) is 2.08. The standard InChI is InChI=1S/C13H24N4/c1-5-7-11(3)17(4)13-9-8-12(15-16-13)10-14-6-2/h8-9,11,14H,5-7,10H2,1-4H3.